The molecule has 13 heavy (non-hydrogen) atoms. The summed E-state index contributed by atoms with van der Waals surface area (Å²) >= 11 is 0. The van der Waals surface area contributed by atoms with Gasteiger partial charge in [-0.2, -0.15) is 0 Å². The minimum Gasteiger partial charge on any atom is -0.377 e. The molecular weight excluding hydrogens is 162 g/mol. The molecule has 0 bridgehead atoms. The first-order valence-corrected chi connectivity index (χ1v) is 5.15. The van der Waals surface area contributed by atoms with Crippen LogP contribution in [0.1, 0.15) is 27.2 Å². The molecule has 0 aliphatic heterocycles. The Balaban J connectivity index is 3.33. The van der Waals surface area contributed by atoms with E-state index in [1.54, 1.807) is 6.08 Å². The van der Waals surface area contributed by atoms with Crippen LogP contribution < -0.4 is 0 Å². The van der Waals surface area contributed by atoms with E-state index in [0.29, 0.717) is 12.6 Å². The third-order valence-electron chi connectivity index (χ3n) is 2.11. The van der Waals surface area contributed by atoms with Gasteiger partial charge in [0.1, 0.15) is 0 Å². The van der Waals surface area contributed by atoms with Crippen LogP contribution in [0.2, 0.25) is 0 Å². The molecule has 0 rings (SSSR count). The van der Waals surface area contributed by atoms with Crippen LogP contribution in [0.5, 0.6) is 0 Å². The van der Waals surface area contributed by atoms with E-state index in [1.807, 2.05) is 0 Å². The van der Waals surface area contributed by atoms with Gasteiger partial charge in [0.2, 0.25) is 0 Å². The number of nitrogens with zero attached hydrogens (tertiary/aromatic N) is 1. The van der Waals surface area contributed by atoms with Gasteiger partial charge in [-0.05, 0) is 26.8 Å². The molecule has 0 saturated heterocycles. The lowest BCUT2D eigenvalue weighted by molar-refractivity contribution is 0.138. The molecule has 0 heterocycles. The molecule has 2 heteroatoms. The van der Waals surface area contributed by atoms with Crippen LogP contribution in [0.25, 0.3) is 0 Å². The van der Waals surface area contributed by atoms with Gasteiger partial charge in [0, 0.05) is 19.2 Å². The first-order chi connectivity index (χ1) is 6.22. The molecule has 0 amide bonds. The average Bonchev–Trinajstić information content (AvgIpc) is 2.10. The highest BCUT2D eigenvalue weighted by molar-refractivity contribution is 4.64. The summed E-state index contributed by atoms with van der Waals surface area (Å²) in [7, 11) is 0. The summed E-state index contributed by atoms with van der Waals surface area (Å²) in [6, 6.07) is 0.643. The van der Waals surface area contributed by atoms with Gasteiger partial charge in [0.25, 0.3) is 0 Å². The van der Waals surface area contributed by atoms with Crippen molar-refractivity contribution in [2.45, 2.75) is 33.2 Å². The molecule has 0 atom stereocenters. The summed E-state index contributed by atoms with van der Waals surface area (Å²) in [5.74, 6) is 0. The third kappa shape index (κ3) is 6.79. The Kier molecular flexibility index (Phi) is 8.05. The van der Waals surface area contributed by atoms with E-state index < -0.39 is 0 Å². The topological polar surface area (TPSA) is 12.5 Å². The van der Waals surface area contributed by atoms with Gasteiger partial charge in [-0.3, -0.25) is 0 Å². The molecule has 0 fully saturated rings. The fourth-order valence-electron chi connectivity index (χ4n) is 1.32. The van der Waals surface area contributed by atoms with E-state index in [4.69, 9.17) is 4.74 Å². The maximum absolute atomic E-state index is 5.31. The zero-order valence-corrected chi connectivity index (χ0v) is 9.25. The Morgan fingerprint density at radius 3 is 2.62 bits per heavy atom. The van der Waals surface area contributed by atoms with Gasteiger partial charge in [0.15, 0.2) is 0 Å². The average molecular weight is 185 g/mol. The molecule has 0 aliphatic rings. The SMILES string of the molecule is C=CCOCCCN(CC)C(C)C. The van der Waals surface area contributed by atoms with Crippen molar-refractivity contribution in [2.24, 2.45) is 0 Å². The van der Waals surface area contributed by atoms with Crippen LogP contribution in [0, 0.1) is 0 Å². The van der Waals surface area contributed by atoms with Gasteiger partial charge >= 0.3 is 0 Å². The summed E-state index contributed by atoms with van der Waals surface area (Å²) in [6.45, 7) is 14.0. The van der Waals surface area contributed by atoms with Gasteiger partial charge in [-0.25, -0.2) is 0 Å². The normalized spacial score (nSPS) is 11.2. The van der Waals surface area contributed by atoms with Gasteiger partial charge < -0.3 is 9.64 Å². The fraction of sp³-hybridized carbons (Fsp3) is 0.818. The second kappa shape index (κ2) is 8.27. The van der Waals surface area contributed by atoms with E-state index >= 15 is 0 Å². The number of hydrogen-bond acceptors (Lipinski definition) is 2. The maximum atomic E-state index is 5.31. The molecule has 0 spiro atoms. The van der Waals surface area contributed by atoms with E-state index in [9.17, 15) is 0 Å². The van der Waals surface area contributed by atoms with Crippen molar-refractivity contribution in [3.63, 3.8) is 0 Å². The van der Waals surface area contributed by atoms with Crippen molar-refractivity contribution in [1.82, 2.24) is 4.90 Å². The summed E-state index contributed by atoms with van der Waals surface area (Å²) < 4.78 is 5.31. The summed E-state index contributed by atoms with van der Waals surface area (Å²) in [5.41, 5.74) is 0. The lowest BCUT2D eigenvalue weighted by Crippen LogP contribution is -2.32. The first kappa shape index (κ1) is 12.7. The zero-order valence-electron chi connectivity index (χ0n) is 9.25. The molecule has 0 aliphatic carbocycles. The Labute approximate surface area is 82.6 Å². The molecule has 78 valence electrons. The van der Waals surface area contributed by atoms with E-state index in [2.05, 4.69) is 32.3 Å². The first-order valence-electron chi connectivity index (χ1n) is 5.15. The monoisotopic (exact) mass is 185 g/mol. The van der Waals surface area contributed by atoms with Crippen molar-refractivity contribution >= 4 is 0 Å². The maximum Gasteiger partial charge on any atom is 0.0644 e. The van der Waals surface area contributed by atoms with Crippen molar-refractivity contribution in [3.05, 3.63) is 12.7 Å². The van der Waals surface area contributed by atoms with Crippen LogP contribution >= 0.6 is 0 Å². The van der Waals surface area contributed by atoms with E-state index in [1.165, 1.54) is 0 Å². The van der Waals surface area contributed by atoms with Crippen LogP contribution in [0.15, 0.2) is 12.7 Å². The lowest BCUT2D eigenvalue weighted by Gasteiger charge is -2.24. The second-order valence-corrected chi connectivity index (χ2v) is 3.44. The molecule has 2 nitrogen and oxygen atoms in total. The molecule has 0 saturated carbocycles. The molecule has 0 radical (unpaired) electrons. The molecule has 0 N–H and O–H groups in total. The van der Waals surface area contributed by atoms with Crippen molar-refractivity contribution < 1.29 is 4.74 Å². The zero-order chi connectivity index (χ0) is 10.1. The Bertz CT molecular complexity index is 123. The number of rotatable bonds is 8. The summed E-state index contributed by atoms with van der Waals surface area (Å²) in [5, 5.41) is 0. The Morgan fingerprint density at radius 2 is 2.15 bits per heavy atom. The van der Waals surface area contributed by atoms with Gasteiger partial charge in [-0.1, -0.05) is 13.0 Å². The Hall–Kier alpha value is -0.340. The standard InChI is InChI=1S/C11H23NO/c1-5-9-13-10-7-8-12(6-2)11(3)4/h5,11H,1,6-10H2,2-4H3. The molecule has 0 unspecified atom stereocenters. The predicted octanol–water partition coefficient (Wildman–Crippen LogP) is 2.31. The quantitative estimate of drug-likeness (QED) is 0.425. The largest absolute Gasteiger partial charge is 0.377 e. The highest BCUT2D eigenvalue weighted by atomic mass is 16.5. The minimum atomic E-state index is 0.643. The number of ether oxygens (including phenoxy) is 1. The van der Waals surface area contributed by atoms with Crippen LogP contribution in [0.3, 0.4) is 0 Å². The van der Waals surface area contributed by atoms with Crippen molar-refractivity contribution in [3.8, 4) is 0 Å². The smallest absolute Gasteiger partial charge is 0.0644 e. The van der Waals surface area contributed by atoms with E-state index in [-0.39, 0.29) is 0 Å². The molecular formula is C11H23NO. The molecule has 0 aromatic rings. The lowest BCUT2D eigenvalue weighted by atomic mass is 10.3. The highest BCUT2D eigenvalue weighted by Gasteiger charge is 2.04. The van der Waals surface area contributed by atoms with Gasteiger partial charge in [-0.15, -0.1) is 6.58 Å². The van der Waals surface area contributed by atoms with Crippen LogP contribution in [0.4, 0.5) is 0 Å². The highest BCUT2D eigenvalue weighted by Crippen LogP contribution is 1.98. The minimum absolute atomic E-state index is 0.643. The van der Waals surface area contributed by atoms with Crippen LogP contribution in [-0.2, 0) is 4.74 Å². The summed E-state index contributed by atoms with van der Waals surface area (Å²) in [6.07, 6.45) is 2.90. The molecule has 0 aromatic heterocycles. The predicted molar refractivity (Wildman–Crippen MR) is 58.0 cm³/mol. The van der Waals surface area contributed by atoms with Crippen LogP contribution in [-0.4, -0.2) is 37.2 Å². The van der Waals surface area contributed by atoms with Crippen molar-refractivity contribution in [2.75, 3.05) is 26.3 Å². The van der Waals surface area contributed by atoms with Crippen molar-refractivity contribution in [1.29, 1.82) is 0 Å². The molecule has 0 aromatic carbocycles. The fourth-order valence-corrected chi connectivity index (χ4v) is 1.32. The van der Waals surface area contributed by atoms with E-state index in [0.717, 1.165) is 26.1 Å². The number of hydrogen-bond donors (Lipinski definition) is 0. The second-order valence-electron chi connectivity index (χ2n) is 3.44. The Morgan fingerprint density at radius 1 is 1.46 bits per heavy atom. The third-order valence-corrected chi connectivity index (χ3v) is 2.11. The summed E-state index contributed by atoms with van der Waals surface area (Å²) in [4.78, 5) is 2.44. The van der Waals surface area contributed by atoms with Gasteiger partial charge in [0.05, 0.1) is 6.61 Å².